The predicted octanol–water partition coefficient (Wildman–Crippen LogP) is 3.04. The molecule has 0 radical (unpaired) electrons. The zero-order valence-electron chi connectivity index (χ0n) is 7.89. The normalized spacial score (nSPS) is 19.0. The number of hydrogen-bond acceptors (Lipinski definition) is 1. The van der Waals surface area contributed by atoms with Gasteiger partial charge in [0.1, 0.15) is 0 Å². The summed E-state index contributed by atoms with van der Waals surface area (Å²) in [5.41, 5.74) is 1.71. The molecule has 0 amide bonds. The third-order valence-corrected chi connectivity index (χ3v) is 1.66. The van der Waals surface area contributed by atoms with E-state index in [1.54, 1.807) is 6.08 Å². The first-order valence-corrected chi connectivity index (χ1v) is 4.30. The molecule has 1 rings (SSSR count). The Balaban J connectivity index is 0.000000561. The fourth-order valence-electron chi connectivity index (χ4n) is 1.06. The van der Waals surface area contributed by atoms with Crippen LogP contribution in [0.15, 0.2) is 36.5 Å². The first-order valence-electron chi connectivity index (χ1n) is 4.30. The average Bonchev–Trinajstić information content (AvgIpc) is 2.41. The van der Waals surface area contributed by atoms with E-state index in [0.29, 0.717) is 12.0 Å². The maximum Gasteiger partial charge on any atom is 0.162 e. The summed E-state index contributed by atoms with van der Waals surface area (Å²) in [6.45, 7) is 11.2. The van der Waals surface area contributed by atoms with Crippen LogP contribution in [0.2, 0.25) is 0 Å². The third kappa shape index (κ3) is 2.50. The van der Waals surface area contributed by atoms with E-state index in [1.807, 2.05) is 19.9 Å². The van der Waals surface area contributed by atoms with E-state index >= 15 is 0 Å². The van der Waals surface area contributed by atoms with Crippen molar-refractivity contribution in [3.63, 3.8) is 0 Å². The van der Waals surface area contributed by atoms with Crippen LogP contribution in [-0.2, 0) is 4.79 Å². The van der Waals surface area contributed by atoms with Crippen LogP contribution < -0.4 is 0 Å². The highest BCUT2D eigenvalue weighted by Gasteiger charge is 2.19. The molecule has 1 fully saturated rings. The van der Waals surface area contributed by atoms with Gasteiger partial charge in [-0.05, 0) is 12.0 Å². The molecule has 0 aliphatic heterocycles. The SMILES string of the molecule is C=C/C=C1/CCC(=O)C1=C.CC. The molecular formula is C11H16O. The fraction of sp³-hybridized carbons (Fsp3) is 0.364. The molecule has 66 valence electrons. The summed E-state index contributed by atoms with van der Waals surface area (Å²) in [7, 11) is 0. The predicted molar refractivity (Wildman–Crippen MR) is 53.0 cm³/mol. The first-order chi connectivity index (χ1) is 5.75. The minimum absolute atomic E-state index is 0.174. The van der Waals surface area contributed by atoms with Gasteiger partial charge in [-0.25, -0.2) is 0 Å². The molecule has 1 nitrogen and oxygen atoms in total. The number of carbonyl (C=O) groups excluding carboxylic acids is 1. The molecule has 0 atom stereocenters. The Morgan fingerprint density at radius 3 is 2.25 bits per heavy atom. The lowest BCUT2D eigenvalue weighted by atomic mass is 10.1. The first kappa shape index (κ1) is 10.9. The molecule has 1 aliphatic rings. The van der Waals surface area contributed by atoms with E-state index in [1.165, 1.54) is 0 Å². The third-order valence-electron chi connectivity index (χ3n) is 1.66. The molecule has 0 N–H and O–H groups in total. The zero-order valence-corrected chi connectivity index (χ0v) is 7.89. The van der Waals surface area contributed by atoms with Crippen molar-refractivity contribution in [1.29, 1.82) is 0 Å². The van der Waals surface area contributed by atoms with Gasteiger partial charge in [-0.3, -0.25) is 4.79 Å². The molecule has 0 aromatic carbocycles. The molecule has 0 heterocycles. The van der Waals surface area contributed by atoms with E-state index in [-0.39, 0.29) is 5.78 Å². The van der Waals surface area contributed by atoms with Crippen LogP contribution >= 0.6 is 0 Å². The van der Waals surface area contributed by atoms with Crippen LogP contribution in [0.4, 0.5) is 0 Å². The second-order valence-corrected chi connectivity index (χ2v) is 2.33. The number of carbonyl (C=O) groups is 1. The molecule has 0 bridgehead atoms. The fourth-order valence-corrected chi connectivity index (χ4v) is 1.06. The highest BCUT2D eigenvalue weighted by atomic mass is 16.1. The van der Waals surface area contributed by atoms with Crippen LogP contribution in [-0.4, -0.2) is 5.78 Å². The molecule has 0 spiro atoms. The number of allylic oxidation sites excluding steroid dienone is 4. The Kier molecular flexibility index (Phi) is 5.02. The van der Waals surface area contributed by atoms with Gasteiger partial charge < -0.3 is 0 Å². The quantitative estimate of drug-likeness (QED) is 0.544. The van der Waals surface area contributed by atoms with Crippen molar-refractivity contribution in [3.05, 3.63) is 36.5 Å². The lowest BCUT2D eigenvalue weighted by molar-refractivity contribution is -0.114. The van der Waals surface area contributed by atoms with Gasteiger partial charge in [0.2, 0.25) is 0 Å². The Labute approximate surface area is 74.5 Å². The van der Waals surface area contributed by atoms with Crippen LogP contribution in [0.1, 0.15) is 26.7 Å². The van der Waals surface area contributed by atoms with Crippen molar-refractivity contribution in [2.24, 2.45) is 0 Å². The largest absolute Gasteiger partial charge is 0.294 e. The van der Waals surface area contributed by atoms with Crippen molar-refractivity contribution in [2.75, 3.05) is 0 Å². The average molecular weight is 164 g/mol. The van der Waals surface area contributed by atoms with Crippen molar-refractivity contribution in [1.82, 2.24) is 0 Å². The number of Topliss-reactive ketones (excluding diaryl/α,β-unsaturated/α-hetero) is 1. The Bertz CT molecular complexity index is 221. The van der Waals surface area contributed by atoms with Crippen LogP contribution in [0, 0.1) is 0 Å². The second kappa shape index (κ2) is 5.53. The summed E-state index contributed by atoms with van der Waals surface area (Å²) in [5, 5.41) is 0. The van der Waals surface area contributed by atoms with E-state index in [2.05, 4.69) is 13.2 Å². The zero-order chi connectivity index (χ0) is 9.56. The lowest BCUT2D eigenvalue weighted by Gasteiger charge is -1.91. The van der Waals surface area contributed by atoms with Gasteiger partial charge in [0.05, 0.1) is 0 Å². The lowest BCUT2D eigenvalue weighted by Crippen LogP contribution is -1.89. The highest BCUT2D eigenvalue weighted by molar-refractivity contribution is 6.02. The molecular weight excluding hydrogens is 148 g/mol. The molecule has 0 aromatic heterocycles. The Morgan fingerprint density at radius 1 is 1.33 bits per heavy atom. The molecule has 0 saturated heterocycles. The molecule has 1 aliphatic carbocycles. The highest BCUT2D eigenvalue weighted by Crippen LogP contribution is 2.25. The van der Waals surface area contributed by atoms with Crippen molar-refractivity contribution in [3.8, 4) is 0 Å². The minimum atomic E-state index is 0.174. The Morgan fingerprint density at radius 2 is 1.92 bits per heavy atom. The van der Waals surface area contributed by atoms with Gasteiger partial charge in [0, 0.05) is 12.0 Å². The summed E-state index contributed by atoms with van der Waals surface area (Å²) in [4.78, 5) is 10.9. The van der Waals surface area contributed by atoms with Crippen molar-refractivity contribution < 1.29 is 4.79 Å². The van der Waals surface area contributed by atoms with Crippen LogP contribution in [0.5, 0.6) is 0 Å². The van der Waals surface area contributed by atoms with Crippen molar-refractivity contribution in [2.45, 2.75) is 26.7 Å². The van der Waals surface area contributed by atoms with Crippen LogP contribution in [0.3, 0.4) is 0 Å². The molecule has 0 aromatic rings. The van der Waals surface area contributed by atoms with E-state index < -0.39 is 0 Å². The van der Waals surface area contributed by atoms with Gasteiger partial charge in [-0.1, -0.05) is 39.2 Å². The number of rotatable bonds is 1. The van der Waals surface area contributed by atoms with Gasteiger partial charge >= 0.3 is 0 Å². The summed E-state index contributed by atoms with van der Waals surface area (Å²) >= 11 is 0. The molecule has 0 unspecified atom stereocenters. The minimum Gasteiger partial charge on any atom is -0.294 e. The monoisotopic (exact) mass is 164 g/mol. The maximum absolute atomic E-state index is 10.9. The maximum atomic E-state index is 10.9. The number of hydrogen-bond donors (Lipinski definition) is 0. The summed E-state index contributed by atoms with van der Waals surface area (Å²) < 4.78 is 0. The summed E-state index contributed by atoms with van der Waals surface area (Å²) in [6.07, 6.45) is 5.01. The van der Waals surface area contributed by atoms with Gasteiger partial charge in [0.15, 0.2) is 5.78 Å². The van der Waals surface area contributed by atoms with E-state index in [9.17, 15) is 4.79 Å². The molecule has 12 heavy (non-hydrogen) atoms. The van der Waals surface area contributed by atoms with Crippen molar-refractivity contribution >= 4 is 5.78 Å². The molecule has 1 saturated carbocycles. The van der Waals surface area contributed by atoms with Gasteiger partial charge in [-0.2, -0.15) is 0 Å². The standard InChI is InChI=1S/C9H10O.C2H6/c1-3-4-8-5-6-9(10)7(8)2;1-2/h3-4H,1-2,5-6H2;1-2H3/b8-4-;. The van der Waals surface area contributed by atoms with Gasteiger partial charge in [-0.15, -0.1) is 0 Å². The van der Waals surface area contributed by atoms with Crippen LogP contribution in [0.25, 0.3) is 0 Å². The smallest absolute Gasteiger partial charge is 0.162 e. The summed E-state index contributed by atoms with van der Waals surface area (Å²) in [5.74, 6) is 0.174. The Hall–Kier alpha value is -1.11. The topological polar surface area (TPSA) is 17.1 Å². The number of ketones is 1. The van der Waals surface area contributed by atoms with E-state index in [0.717, 1.165) is 12.0 Å². The van der Waals surface area contributed by atoms with E-state index in [4.69, 9.17) is 0 Å². The molecule has 1 heteroatoms. The second-order valence-electron chi connectivity index (χ2n) is 2.33. The summed E-state index contributed by atoms with van der Waals surface area (Å²) in [6, 6.07) is 0. The van der Waals surface area contributed by atoms with Gasteiger partial charge in [0.25, 0.3) is 0 Å².